The maximum absolute atomic E-state index is 13.6. The summed E-state index contributed by atoms with van der Waals surface area (Å²) in [5.41, 5.74) is 0.558. The second-order valence-electron chi connectivity index (χ2n) is 4.55. The highest BCUT2D eigenvalue weighted by Crippen LogP contribution is 2.28. The van der Waals surface area contributed by atoms with Crippen molar-refractivity contribution in [1.82, 2.24) is 0 Å². The van der Waals surface area contributed by atoms with Gasteiger partial charge in [-0.05, 0) is 29.8 Å². The van der Waals surface area contributed by atoms with Gasteiger partial charge in [0.2, 0.25) is 0 Å². The van der Waals surface area contributed by atoms with Crippen LogP contribution in [0, 0.1) is 5.82 Å². The van der Waals surface area contributed by atoms with Gasteiger partial charge in [-0.25, -0.2) is 12.8 Å². The smallest absolute Gasteiger partial charge is 0.183 e. The molecule has 2 rings (SSSR count). The molecular weight excluding hydrogens is 359 g/mol. The molecule has 6 heteroatoms. The number of alkyl halides is 1. The van der Waals surface area contributed by atoms with Crippen LogP contribution in [0.25, 0.3) is 0 Å². The van der Waals surface area contributed by atoms with E-state index in [4.69, 9.17) is 0 Å². The molecule has 0 spiro atoms. The third-order valence-electron chi connectivity index (χ3n) is 2.97. The molecule has 0 aliphatic rings. The zero-order valence-corrected chi connectivity index (χ0v) is 13.5. The van der Waals surface area contributed by atoms with E-state index in [-0.39, 0.29) is 10.5 Å². The van der Waals surface area contributed by atoms with Gasteiger partial charge in [0.25, 0.3) is 0 Å². The lowest BCUT2D eigenvalue weighted by Crippen LogP contribution is -2.09. The van der Waals surface area contributed by atoms with Crippen LogP contribution < -0.4 is 0 Å². The maximum atomic E-state index is 13.6. The first kappa shape index (κ1) is 15.9. The highest BCUT2D eigenvalue weighted by Gasteiger charge is 2.22. The predicted molar refractivity (Wildman–Crippen MR) is 82.0 cm³/mol. The van der Waals surface area contributed by atoms with Crippen molar-refractivity contribution in [2.75, 3.05) is 6.26 Å². The van der Waals surface area contributed by atoms with E-state index in [0.717, 1.165) is 6.26 Å². The van der Waals surface area contributed by atoms with Crippen molar-refractivity contribution >= 4 is 31.6 Å². The molecule has 0 saturated carbocycles. The first-order valence-electron chi connectivity index (χ1n) is 6.03. The third kappa shape index (κ3) is 3.57. The van der Waals surface area contributed by atoms with E-state index in [1.54, 1.807) is 6.07 Å². The van der Waals surface area contributed by atoms with Crippen molar-refractivity contribution in [1.29, 1.82) is 0 Å². The second-order valence-corrected chi connectivity index (χ2v) is 7.48. The molecule has 110 valence electrons. The van der Waals surface area contributed by atoms with E-state index < -0.39 is 26.3 Å². The summed E-state index contributed by atoms with van der Waals surface area (Å²) in [4.78, 5) is 11.7. The molecule has 1 atom stereocenters. The summed E-state index contributed by atoms with van der Waals surface area (Å²) in [5, 5.41) is 0. The molecule has 0 heterocycles. The molecule has 0 N–H and O–H groups in total. The summed E-state index contributed by atoms with van der Waals surface area (Å²) in [5.74, 6) is -1.00. The number of sulfone groups is 1. The van der Waals surface area contributed by atoms with E-state index in [2.05, 4.69) is 15.9 Å². The molecular formula is C15H12BrFO3S. The van der Waals surface area contributed by atoms with E-state index in [9.17, 15) is 17.6 Å². The van der Waals surface area contributed by atoms with E-state index in [1.807, 2.05) is 0 Å². The maximum Gasteiger partial charge on any atom is 0.183 e. The number of ketones is 1. The van der Waals surface area contributed by atoms with Crippen LogP contribution in [0.5, 0.6) is 0 Å². The lowest BCUT2D eigenvalue weighted by atomic mass is 10.0. The molecule has 0 saturated heterocycles. The van der Waals surface area contributed by atoms with Gasteiger partial charge < -0.3 is 0 Å². The SMILES string of the molecule is CS(=O)(=O)c1ccc(C(Br)C(=O)c2ccccc2F)cc1. The van der Waals surface area contributed by atoms with Crippen LogP contribution >= 0.6 is 15.9 Å². The fourth-order valence-corrected chi connectivity index (χ4v) is 3.02. The number of hydrogen-bond acceptors (Lipinski definition) is 3. The zero-order valence-electron chi connectivity index (χ0n) is 11.1. The standard InChI is InChI=1S/C15H12BrFO3S/c1-21(19,20)11-8-6-10(7-9-11)14(16)15(18)12-4-2-3-5-13(12)17/h2-9,14H,1H3. The quantitative estimate of drug-likeness (QED) is 0.610. The Morgan fingerprint density at radius 2 is 1.67 bits per heavy atom. The minimum Gasteiger partial charge on any atom is -0.292 e. The van der Waals surface area contributed by atoms with Gasteiger partial charge in [0.05, 0.1) is 10.5 Å². The van der Waals surface area contributed by atoms with Gasteiger partial charge in [-0.3, -0.25) is 4.79 Å². The van der Waals surface area contributed by atoms with Gasteiger partial charge in [-0.1, -0.05) is 40.2 Å². The Labute approximate surface area is 130 Å². The topological polar surface area (TPSA) is 51.2 Å². The van der Waals surface area contributed by atoms with Gasteiger partial charge in [0, 0.05) is 6.26 Å². The van der Waals surface area contributed by atoms with Gasteiger partial charge in [-0.2, -0.15) is 0 Å². The van der Waals surface area contributed by atoms with Crippen LogP contribution in [0.2, 0.25) is 0 Å². The van der Waals surface area contributed by atoms with E-state index in [1.165, 1.54) is 42.5 Å². The first-order valence-corrected chi connectivity index (χ1v) is 8.84. The van der Waals surface area contributed by atoms with Gasteiger partial charge in [0.15, 0.2) is 15.6 Å². The van der Waals surface area contributed by atoms with E-state index >= 15 is 0 Å². The molecule has 0 fully saturated rings. The number of carbonyl (C=O) groups excluding carboxylic acids is 1. The summed E-state index contributed by atoms with van der Waals surface area (Å²) >= 11 is 3.23. The third-order valence-corrected chi connectivity index (χ3v) is 5.04. The molecule has 3 nitrogen and oxygen atoms in total. The molecule has 21 heavy (non-hydrogen) atoms. The van der Waals surface area contributed by atoms with Crippen molar-refractivity contribution < 1.29 is 17.6 Å². The Balaban J connectivity index is 2.30. The number of carbonyl (C=O) groups is 1. The normalized spacial score (nSPS) is 12.9. The second kappa shape index (κ2) is 6.07. The largest absolute Gasteiger partial charge is 0.292 e. The zero-order chi connectivity index (χ0) is 15.6. The summed E-state index contributed by atoms with van der Waals surface area (Å²) in [7, 11) is -3.28. The van der Waals surface area contributed by atoms with E-state index in [0.29, 0.717) is 5.56 Å². The van der Waals surface area contributed by atoms with Crippen molar-refractivity contribution in [3.8, 4) is 0 Å². The molecule has 2 aromatic rings. The number of rotatable bonds is 4. The Morgan fingerprint density at radius 3 is 2.19 bits per heavy atom. The number of Topliss-reactive ketones (excluding diaryl/α,β-unsaturated/α-hetero) is 1. The summed E-state index contributed by atoms with van der Waals surface area (Å²) in [6, 6.07) is 11.7. The molecule has 0 amide bonds. The average molecular weight is 371 g/mol. The monoisotopic (exact) mass is 370 g/mol. The van der Waals surface area contributed by atoms with Gasteiger partial charge in [0.1, 0.15) is 10.6 Å². The lowest BCUT2D eigenvalue weighted by molar-refractivity contribution is 0.0987. The van der Waals surface area contributed by atoms with Crippen LogP contribution in [-0.4, -0.2) is 20.5 Å². The Bertz CT molecular complexity index is 770. The van der Waals surface area contributed by atoms with Crippen molar-refractivity contribution in [2.24, 2.45) is 0 Å². The fraction of sp³-hybridized carbons (Fsp3) is 0.133. The minimum atomic E-state index is -3.28. The fourth-order valence-electron chi connectivity index (χ4n) is 1.83. The summed E-state index contributed by atoms with van der Waals surface area (Å²) < 4.78 is 36.4. The van der Waals surface area contributed by atoms with Crippen molar-refractivity contribution in [2.45, 2.75) is 9.72 Å². The molecule has 1 unspecified atom stereocenters. The number of halogens is 2. The molecule has 0 aliphatic heterocycles. The number of benzene rings is 2. The predicted octanol–water partition coefficient (Wildman–Crippen LogP) is 3.55. The Morgan fingerprint density at radius 1 is 1.10 bits per heavy atom. The number of hydrogen-bond donors (Lipinski definition) is 0. The van der Waals surface area contributed by atoms with Crippen molar-refractivity contribution in [3.63, 3.8) is 0 Å². The molecule has 0 radical (unpaired) electrons. The van der Waals surface area contributed by atoms with Crippen LogP contribution in [0.3, 0.4) is 0 Å². The molecule has 0 aliphatic carbocycles. The summed E-state index contributed by atoms with van der Waals surface area (Å²) in [6.07, 6.45) is 1.11. The van der Waals surface area contributed by atoms with Gasteiger partial charge in [-0.15, -0.1) is 0 Å². The summed E-state index contributed by atoms with van der Waals surface area (Å²) in [6.45, 7) is 0. The molecule has 2 aromatic carbocycles. The van der Waals surface area contributed by atoms with Crippen LogP contribution in [0.4, 0.5) is 4.39 Å². The first-order chi connectivity index (χ1) is 9.80. The highest BCUT2D eigenvalue weighted by atomic mass is 79.9. The van der Waals surface area contributed by atoms with Crippen LogP contribution in [0.15, 0.2) is 53.4 Å². The van der Waals surface area contributed by atoms with Crippen LogP contribution in [-0.2, 0) is 9.84 Å². The molecule has 0 bridgehead atoms. The van der Waals surface area contributed by atoms with Crippen LogP contribution in [0.1, 0.15) is 20.7 Å². The van der Waals surface area contributed by atoms with Crippen molar-refractivity contribution in [3.05, 3.63) is 65.5 Å². The Hall–Kier alpha value is -1.53. The Kier molecular flexibility index (Phi) is 4.58. The van der Waals surface area contributed by atoms with Gasteiger partial charge >= 0.3 is 0 Å². The minimum absolute atomic E-state index is 0.00781. The molecule has 0 aromatic heterocycles. The lowest BCUT2D eigenvalue weighted by Gasteiger charge is -2.10. The highest BCUT2D eigenvalue weighted by molar-refractivity contribution is 9.09. The average Bonchev–Trinajstić information content (AvgIpc) is 2.45.